The van der Waals surface area contributed by atoms with Crippen LogP contribution in [-0.4, -0.2) is 39.1 Å². The number of hydrogen-bond donors (Lipinski definition) is 1. The first kappa shape index (κ1) is 22.5. The second-order valence-electron chi connectivity index (χ2n) is 12.3. The first-order valence-electron chi connectivity index (χ1n) is 13.3. The number of hydrogen-bond acceptors (Lipinski definition) is 4. The predicted molar refractivity (Wildman–Crippen MR) is 127 cm³/mol. The summed E-state index contributed by atoms with van der Waals surface area (Å²) in [5, 5.41) is 11.2. The van der Waals surface area contributed by atoms with Gasteiger partial charge in [-0.3, -0.25) is 4.79 Å². The van der Waals surface area contributed by atoms with E-state index in [1.165, 1.54) is 0 Å². The molecule has 2 heterocycles. The van der Waals surface area contributed by atoms with Crippen LogP contribution in [0.15, 0.2) is 24.0 Å². The Kier molecular flexibility index (Phi) is 4.82. The molecule has 6 nitrogen and oxygen atoms in total. The number of ether oxygens (including phenoxy) is 1. The van der Waals surface area contributed by atoms with E-state index in [4.69, 9.17) is 4.74 Å². The van der Waals surface area contributed by atoms with Crippen LogP contribution in [0.3, 0.4) is 0 Å². The van der Waals surface area contributed by atoms with Crippen LogP contribution in [0.2, 0.25) is 0 Å². The minimum absolute atomic E-state index is 0.0463. The summed E-state index contributed by atoms with van der Waals surface area (Å²) in [4.78, 5) is 31.2. The highest BCUT2D eigenvalue weighted by Crippen LogP contribution is 2.84. The summed E-state index contributed by atoms with van der Waals surface area (Å²) in [6.07, 6.45) is 12.5. The van der Waals surface area contributed by atoms with Crippen molar-refractivity contribution in [2.75, 3.05) is 0 Å². The Balaban J connectivity index is 1.47. The third-order valence-corrected chi connectivity index (χ3v) is 11.0. The molecule has 5 aliphatic rings. The topological polar surface area (TPSA) is 81.4 Å². The van der Waals surface area contributed by atoms with Gasteiger partial charge in [0.15, 0.2) is 0 Å². The lowest BCUT2D eigenvalue weighted by Crippen LogP contribution is -2.65. The van der Waals surface area contributed by atoms with E-state index in [0.717, 1.165) is 56.3 Å². The number of carbonyl (C=O) groups excluding carboxylic acids is 1. The second kappa shape index (κ2) is 7.28. The maximum absolute atomic E-state index is 13.6. The molecule has 0 radical (unpaired) electrons. The lowest BCUT2D eigenvalue weighted by atomic mass is 9.41. The Labute approximate surface area is 202 Å². The summed E-state index contributed by atoms with van der Waals surface area (Å²) in [7, 11) is 0. The van der Waals surface area contributed by atoms with Crippen molar-refractivity contribution < 1.29 is 19.4 Å². The average Bonchev–Trinajstić information content (AvgIpc) is 3.59. The summed E-state index contributed by atoms with van der Waals surface area (Å²) in [5.74, 6) is 1.49. The number of carboxylic acid groups (broad SMARTS) is 1. The molecule has 0 spiro atoms. The highest BCUT2D eigenvalue weighted by molar-refractivity contribution is 5.90. The van der Waals surface area contributed by atoms with Gasteiger partial charge in [0.2, 0.25) is 0 Å². The molecular formula is C28H38N2O4. The van der Waals surface area contributed by atoms with Gasteiger partial charge in [0.25, 0.3) is 0 Å². The molecule has 184 valence electrons. The van der Waals surface area contributed by atoms with E-state index in [1.807, 2.05) is 19.3 Å². The monoisotopic (exact) mass is 466 g/mol. The maximum Gasteiger partial charge on any atom is 0.315 e. The highest BCUT2D eigenvalue weighted by atomic mass is 16.5. The Morgan fingerprint density at radius 3 is 2.74 bits per heavy atom. The number of carboxylic acids is 1. The zero-order valence-electron chi connectivity index (χ0n) is 20.9. The van der Waals surface area contributed by atoms with E-state index < -0.39 is 22.2 Å². The summed E-state index contributed by atoms with van der Waals surface area (Å²) in [6.45, 7) is 9.27. The fraction of sp³-hybridized carbons (Fsp3) is 0.750. The molecule has 6 rings (SSSR count). The number of aryl methyl sites for hydroxylation is 1. The van der Waals surface area contributed by atoms with Gasteiger partial charge in [-0.15, -0.1) is 0 Å². The van der Waals surface area contributed by atoms with E-state index in [2.05, 4.69) is 36.4 Å². The minimum atomic E-state index is -1.14. The number of rotatable bonds is 6. The highest BCUT2D eigenvalue weighted by Gasteiger charge is 2.86. The van der Waals surface area contributed by atoms with Crippen molar-refractivity contribution in [1.82, 2.24) is 9.55 Å². The molecule has 34 heavy (non-hydrogen) atoms. The van der Waals surface area contributed by atoms with Gasteiger partial charge in [0.1, 0.15) is 17.5 Å². The van der Waals surface area contributed by atoms with Crippen molar-refractivity contribution in [2.24, 2.45) is 45.8 Å². The Morgan fingerprint density at radius 1 is 1.29 bits per heavy atom. The molecule has 1 saturated heterocycles. The second-order valence-corrected chi connectivity index (χ2v) is 12.3. The van der Waals surface area contributed by atoms with Gasteiger partial charge in [-0.2, -0.15) is 0 Å². The van der Waals surface area contributed by atoms with Gasteiger partial charge in [-0.05, 0) is 68.6 Å². The minimum Gasteiger partial charge on any atom is -0.481 e. The largest absolute Gasteiger partial charge is 0.481 e. The summed E-state index contributed by atoms with van der Waals surface area (Å²) in [6, 6.07) is 0. The normalized spacial score (nSPS) is 46.7. The molecule has 4 bridgehead atoms. The summed E-state index contributed by atoms with van der Waals surface area (Å²) in [5.41, 5.74) is -1.49. The fourth-order valence-corrected chi connectivity index (χ4v) is 9.89. The number of aldehydes is 1. The molecule has 1 aliphatic heterocycles. The predicted octanol–water partition coefficient (Wildman–Crippen LogP) is 4.66. The van der Waals surface area contributed by atoms with E-state index in [1.54, 1.807) is 0 Å². The van der Waals surface area contributed by atoms with Crippen LogP contribution in [-0.2, 0) is 20.9 Å². The first-order valence-corrected chi connectivity index (χ1v) is 13.3. The molecule has 0 amide bonds. The number of allylic oxidation sites excluding steroid dienone is 1. The van der Waals surface area contributed by atoms with Crippen molar-refractivity contribution in [1.29, 1.82) is 0 Å². The summed E-state index contributed by atoms with van der Waals surface area (Å²) < 4.78 is 8.98. The van der Waals surface area contributed by atoms with Crippen molar-refractivity contribution in [3.8, 4) is 0 Å². The molecule has 0 aromatic carbocycles. The van der Waals surface area contributed by atoms with Crippen LogP contribution < -0.4 is 0 Å². The van der Waals surface area contributed by atoms with E-state index >= 15 is 0 Å². The van der Waals surface area contributed by atoms with Crippen LogP contribution in [0.4, 0.5) is 0 Å². The average molecular weight is 467 g/mol. The number of nitrogens with zero attached hydrogens (tertiary/aromatic N) is 2. The third-order valence-electron chi connectivity index (χ3n) is 11.0. The van der Waals surface area contributed by atoms with E-state index in [-0.39, 0.29) is 30.0 Å². The van der Waals surface area contributed by atoms with Crippen molar-refractivity contribution in [3.63, 3.8) is 0 Å². The zero-order chi connectivity index (χ0) is 24.0. The van der Waals surface area contributed by atoms with Gasteiger partial charge < -0.3 is 19.2 Å². The van der Waals surface area contributed by atoms with Crippen LogP contribution in [0.25, 0.3) is 0 Å². The molecule has 1 aromatic heterocycles. The number of fused-ring (bicyclic) bond motifs is 2. The Hall–Kier alpha value is -1.95. The quantitative estimate of drug-likeness (QED) is 0.487. The molecule has 6 heteroatoms. The lowest BCUT2D eigenvalue weighted by Gasteiger charge is -2.60. The van der Waals surface area contributed by atoms with E-state index in [9.17, 15) is 14.7 Å². The number of imidazole rings is 1. The van der Waals surface area contributed by atoms with Gasteiger partial charge in [-0.1, -0.05) is 38.8 Å². The smallest absolute Gasteiger partial charge is 0.315 e. The molecule has 4 aliphatic carbocycles. The van der Waals surface area contributed by atoms with Crippen LogP contribution in [0, 0.1) is 52.8 Å². The molecule has 4 fully saturated rings. The van der Waals surface area contributed by atoms with Crippen LogP contribution in [0.1, 0.15) is 65.1 Å². The summed E-state index contributed by atoms with van der Waals surface area (Å²) >= 11 is 0. The Morgan fingerprint density at radius 2 is 2.09 bits per heavy atom. The van der Waals surface area contributed by atoms with Crippen LogP contribution >= 0.6 is 0 Å². The third kappa shape index (κ3) is 2.39. The zero-order valence-corrected chi connectivity index (χ0v) is 20.9. The van der Waals surface area contributed by atoms with Gasteiger partial charge >= 0.3 is 5.97 Å². The maximum atomic E-state index is 13.6. The van der Waals surface area contributed by atoms with Crippen molar-refractivity contribution in [3.05, 3.63) is 29.9 Å². The molecule has 6 unspecified atom stereocenters. The van der Waals surface area contributed by atoms with Crippen molar-refractivity contribution >= 4 is 12.3 Å². The Bertz CT molecular complexity index is 1060. The van der Waals surface area contributed by atoms with Gasteiger partial charge in [-0.25, -0.2) is 4.98 Å². The lowest BCUT2D eigenvalue weighted by molar-refractivity contribution is -0.197. The molecule has 1 aromatic rings. The molecule has 9 atom stereocenters. The molecular weight excluding hydrogens is 428 g/mol. The standard InChI is InChI=1S/C28H38N2O4/c1-16(2)23-11-19-12-26(15-31)22-7-5-17(3)21(22)13-27(19,28(23,26)25(32)33)24-8-6-20(34-24)14-30-10-9-29-18(30)4/h9-11,15-17,19-22,24H,5-8,12-14H2,1-4H3,(H,32,33)/t17-,19?,20?,21-,22-,24?,26?,27?,28?/m1/s1. The molecule has 1 N–H and O–H groups in total. The number of aromatic nitrogens is 2. The molecule has 3 saturated carbocycles. The SMILES string of the molecule is Cc1nccn1CC1CCC(C23C[C@@H]4[C@H](C)CC[C@H]4C4(C=O)CC2C=C(C(C)C)C34C(=O)O)O1. The number of aliphatic carboxylic acids is 1. The first-order chi connectivity index (χ1) is 16.2. The fourth-order valence-electron chi connectivity index (χ4n) is 9.89. The van der Waals surface area contributed by atoms with Crippen LogP contribution in [0.5, 0.6) is 0 Å². The van der Waals surface area contributed by atoms with E-state index in [0.29, 0.717) is 18.3 Å². The van der Waals surface area contributed by atoms with Gasteiger partial charge in [0.05, 0.1) is 24.2 Å². The van der Waals surface area contributed by atoms with Gasteiger partial charge in [0, 0.05) is 17.8 Å². The number of carbonyl (C=O) groups is 2. The van der Waals surface area contributed by atoms with Crippen molar-refractivity contribution in [2.45, 2.75) is 85.0 Å².